The molecule has 0 fully saturated rings. The number of terminal acetylenes is 1. The molecule has 0 spiro atoms. The highest BCUT2D eigenvalue weighted by atomic mass is 32.2. The first kappa shape index (κ1) is 11.8. The molecule has 82 valence electrons. The van der Waals surface area contributed by atoms with Crippen molar-refractivity contribution in [2.24, 2.45) is 0 Å². The van der Waals surface area contributed by atoms with Crippen molar-refractivity contribution < 1.29 is 8.42 Å². The molecule has 0 atom stereocenters. The van der Waals surface area contributed by atoms with Crippen molar-refractivity contribution in [3.05, 3.63) is 12.0 Å². The summed E-state index contributed by atoms with van der Waals surface area (Å²) in [6.45, 7) is 3.83. The maximum atomic E-state index is 11.9. The summed E-state index contributed by atoms with van der Waals surface area (Å²) in [7, 11) is -3.52. The van der Waals surface area contributed by atoms with E-state index in [1.807, 2.05) is 0 Å². The summed E-state index contributed by atoms with van der Waals surface area (Å²) in [4.78, 5) is 6.53. The number of aryl methyl sites for hydroxylation is 1. The Morgan fingerprint density at radius 2 is 2.33 bits per heavy atom. The molecule has 1 aromatic heterocycles. The Hall–Kier alpha value is -1.32. The second kappa shape index (κ2) is 4.47. The zero-order valence-electron chi connectivity index (χ0n) is 8.69. The minimum atomic E-state index is -3.52. The lowest BCUT2D eigenvalue weighted by molar-refractivity contribution is 0.461. The number of sulfonamides is 1. The Kier molecular flexibility index (Phi) is 3.50. The molecule has 1 aromatic rings. The smallest absolute Gasteiger partial charge is 0.260 e. The highest BCUT2D eigenvalue weighted by molar-refractivity contribution is 7.89. The van der Waals surface area contributed by atoms with Crippen molar-refractivity contribution in [3.8, 4) is 12.3 Å². The SMILES string of the molecule is C#CCN(CC)S(=O)(=O)c1cnc(C)[nH]1. The summed E-state index contributed by atoms with van der Waals surface area (Å²) >= 11 is 0. The number of hydrogen-bond donors (Lipinski definition) is 1. The van der Waals surface area contributed by atoms with Crippen LogP contribution in [0.1, 0.15) is 12.7 Å². The average molecular weight is 227 g/mol. The fourth-order valence-electron chi connectivity index (χ4n) is 1.14. The fraction of sp³-hybridized carbons (Fsp3) is 0.444. The van der Waals surface area contributed by atoms with Gasteiger partial charge in [-0.3, -0.25) is 0 Å². The van der Waals surface area contributed by atoms with E-state index in [-0.39, 0.29) is 11.6 Å². The third kappa shape index (κ3) is 2.37. The molecule has 1 N–H and O–H groups in total. The minimum absolute atomic E-state index is 0.0664. The quantitative estimate of drug-likeness (QED) is 0.755. The minimum Gasteiger partial charge on any atom is -0.332 e. The van der Waals surface area contributed by atoms with Gasteiger partial charge in [-0.15, -0.1) is 6.42 Å². The Morgan fingerprint density at radius 1 is 1.67 bits per heavy atom. The molecule has 0 amide bonds. The molecule has 0 bridgehead atoms. The van der Waals surface area contributed by atoms with Gasteiger partial charge in [0.15, 0.2) is 5.03 Å². The molecule has 15 heavy (non-hydrogen) atoms. The predicted octanol–water partition coefficient (Wildman–Crippen LogP) is 0.362. The number of hydrogen-bond acceptors (Lipinski definition) is 3. The Bertz CT molecular complexity index is 470. The van der Waals surface area contributed by atoms with Gasteiger partial charge in [0.05, 0.1) is 12.7 Å². The first-order valence-corrected chi connectivity index (χ1v) is 5.91. The molecular formula is C9H13N3O2S. The van der Waals surface area contributed by atoms with E-state index in [1.165, 1.54) is 10.5 Å². The number of rotatable bonds is 4. The fourth-order valence-corrected chi connectivity index (χ4v) is 2.46. The molecule has 6 heteroatoms. The number of H-pyrrole nitrogens is 1. The van der Waals surface area contributed by atoms with Crippen molar-refractivity contribution in [1.29, 1.82) is 0 Å². The van der Waals surface area contributed by atoms with Gasteiger partial charge in [-0.05, 0) is 6.92 Å². The van der Waals surface area contributed by atoms with Crippen LogP contribution in [0.25, 0.3) is 0 Å². The Labute approximate surface area is 89.6 Å². The van der Waals surface area contributed by atoms with E-state index in [4.69, 9.17) is 6.42 Å². The van der Waals surface area contributed by atoms with Crippen LogP contribution in [-0.2, 0) is 10.0 Å². The lowest BCUT2D eigenvalue weighted by Gasteiger charge is -2.15. The normalized spacial score (nSPS) is 11.6. The third-order valence-corrected chi connectivity index (χ3v) is 3.75. The summed E-state index contributed by atoms with van der Waals surface area (Å²) in [6.07, 6.45) is 6.40. The van der Waals surface area contributed by atoms with Gasteiger partial charge in [-0.1, -0.05) is 12.8 Å². The average Bonchev–Trinajstić information content (AvgIpc) is 2.61. The van der Waals surface area contributed by atoms with Crippen LogP contribution < -0.4 is 0 Å². The first-order chi connectivity index (χ1) is 7.02. The lowest BCUT2D eigenvalue weighted by Crippen LogP contribution is -2.31. The zero-order valence-corrected chi connectivity index (χ0v) is 9.50. The molecule has 0 aliphatic carbocycles. The van der Waals surface area contributed by atoms with E-state index in [2.05, 4.69) is 15.9 Å². The van der Waals surface area contributed by atoms with E-state index < -0.39 is 10.0 Å². The van der Waals surface area contributed by atoms with Crippen molar-refractivity contribution in [2.45, 2.75) is 18.9 Å². The maximum absolute atomic E-state index is 11.9. The van der Waals surface area contributed by atoms with Crippen LogP contribution in [-0.4, -0.2) is 35.8 Å². The summed E-state index contributed by atoms with van der Waals surface area (Å²) in [6, 6.07) is 0. The number of aromatic amines is 1. The van der Waals surface area contributed by atoms with Gasteiger partial charge in [0.2, 0.25) is 0 Å². The van der Waals surface area contributed by atoms with Crippen LogP contribution in [0.2, 0.25) is 0 Å². The van der Waals surface area contributed by atoms with Gasteiger partial charge in [0.25, 0.3) is 10.0 Å². The van der Waals surface area contributed by atoms with E-state index >= 15 is 0 Å². The molecule has 0 unspecified atom stereocenters. The van der Waals surface area contributed by atoms with E-state index in [0.29, 0.717) is 12.4 Å². The van der Waals surface area contributed by atoms with E-state index in [0.717, 1.165) is 0 Å². The van der Waals surface area contributed by atoms with Crippen molar-refractivity contribution >= 4 is 10.0 Å². The van der Waals surface area contributed by atoms with E-state index in [9.17, 15) is 8.42 Å². The molecule has 0 aromatic carbocycles. The molecule has 5 nitrogen and oxygen atoms in total. The maximum Gasteiger partial charge on any atom is 0.260 e. The van der Waals surface area contributed by atoms with Crippen molar-refractivity contribution in [2.75, 3.05) is 13.1 Å². The van der Waals surface area contributed by atoms with Gasteiger partial charge >= 0.3 is 0 Å². The van der Waals surface area contributed by atoms with Crippen LogP contribution in [0.3, 0.4) is 0 Å². The van der Waals surface area contributed by atoms with Gasteiger partial charge in [0.1, 0.15) is 5.82 Å². The largest absolute Gasteiger partial charge is 0.332 e. The van der Waals surface area contributed by atoms with E-state index in [1.54, 1.807) is 13.8 Å². The number of aromatic nitrogens is 2. The van der Waals surface area contributed by atoms with Gasteiger partial charge in [-0.2, -0.15) is 4.31 Å². The topological polar surface area (TPSA) is 66.1 Å². The monoisotopic (exact) mass is 227 g/mol. The van der Waals surface area contributed by atoms with Gasteiger partial charge in [-0.25, -0.2) is 13.4 Å². The standard InChI is InChI=1S/C9H13N3O2S/c1-4-6-12(5-2)15(13,14)9-7-10-8(3)11-9/h1,7H,5-6H2,2-3H3,(H,10,11). The number of imidazole rings is 1. The highest BCUT2D eigenvalue weighted by Gasteiger charge is 2.23. The van der Waals surface area contributed by atoms with Gasteiger partial charge in [0, 0.05) is 6.54 Å². The van der Waals surface area contributed by atoms with Crippen LogP contribution in [0, 0.1) is 19.3 Å². The number of nitrogens with one attached hydrogen (secondary N) is 1. The van der Waals surface area contributed by atoms with Gasteiger partial charge < -0.3 is 4.98 Å². The van der Waals surface area contributed by atoms with Crippen molar-refractivity contribution in [3.63, 3.8) is 0 Å². The Balaban J connectivity index is 3.07. The second-order valence-electron chi connectivity index (χ2n) is 2.97. The lowest BCUT2D eigenvalue weighted by atomic mass is 10.6. The van der Waals surface area contributed by atoms with Crippen LogP contribution in [0.15, 0.2) is 11.2 Å². The first-order valence-electron chi connectivity index (χ1n) is 4.47. The Morgan fingerprint density at radius 3 is 2.73 bits per heavy atom. The molecule has 0 radical (unpaired) electrons. The molecule has 1 heterocycles. The molecule has 0 saturated carbocycles. The molecular weight excluding hydrogens is 214 g/mol. The summed E-state index contributed by atoms with van der Waals surface area (Å²) in [5.74, 6) is 2.87. The summed E-state index contributed by atoms with van der Waals surface area (Å²) in [5, 5.41) is 0.0806. The zero-order chi connectivity index (χ0) is 11.5. The summed E-state index contributed by atoms with van der Waals surface area (Å²) < 4.78 is 25.1. The van der Waals surface area contributed by atoms with Crippen molar-refractivity contribution in [1.82, 2.24) is 14.3 Å². The molecule has 0 saturated heterocycles. The molecule has 0 aliphatic rings. The molecule has 1 rings (SSSR count). The number of nitrogens with zero attached hydrogens (tertiary/aromatic N) is 2. The van der Waals surface area contributed by atoms with Crippen LogP contribution >= 0.6 is 0 Å². The second-order valence-corrected chi connectivity index (χ2v) is 4.87. The van der Waals surface area contributed by atoms with Crippen LogP contribution in [0.5, 0.6) is 0 Å². The summed E-state index contributed by atoms with van der Waals surface area (Å²) in [5.41, 5.74) is 0. The third-order valence-electron chi connectivity index (χ3n) is 1.92. The highest BCUT2D eigenvalue weighted by Crippen LogP contribution is 2.12. The predicted molar refractivity (Wildman–Crippen MR) is 56.6 cm³/mol. The molecule has 0 aliphatic heterocycles. The van der Waals surface area contributed by atoms with Crippen LogP contribution in [0.4, 0.5) is 0 Å².